The zero-order valence-electron chi connectivity index (χ0n) is 61.1. The van der Waals surface area contributed by atoms with Gasteiger partial charge in [0, 0.05) is 87.5 Å². The molecule has 8 aromatic heterocycles. The van der Waals surface area contributed by atoms with Crippen LogP contribution in [0.4, 0.5) is 0 Å². The van der Waals surface area contributed by atoms with Crippen molar-refractivity contribution >= 4 is 131 Å². The summed E-state index contributed by atoms with van der Waals surface area (Å²) in [4.78, 5) is 31.0. The highest BCUT2D eigenvalue weighted by Crippen LogP contribution is 2.45. The minimum Gasteiger partial charge on any atom is -0.455 e. The lowest BCUT2D eigenvalue weighted by Gasteiger charge is -2.11. The lowest BCUT2D eigenvalue weighted by molar-refractivity contribution is 0.672. The van der Waals surface area contributed by atoms with Gasteiger partial charge in [-0.15, -0.1) is 0 Å². The Hall–Kier alpha value is -15.7. The van der Waals surface area contributed by atoms with E-state index >= 15 is 0 Å². The van der Waals surface area contributed by atoms with Crippen molar-refractivity contribution in [1.29, 1.82) is 0 Å². The summed E-state index contributed by atoms with van der Waals surface area (Å²) in [6, 6.07) is 131. The summed E-state index contributed by atoms with van der Waals surface area (Å²) >= 11 is 0. The van der Waals surface area contributed by atoms with Crippen molar-refractivity contribution in [3.05, 3.63) is 376 Å². The van der Waals surface area contributed by atoms with Gasteiger partial charge in [-0.2, -0.15) is 19.9 Å². The fourth-order valence-electron chi connectivity index (χ4n) is 17.2. The van der Waals surface area contributed by atoms with Crippen LogP contribution in [0.2, 0.25) is 0 Å². The first-order valence-corrected chi connectivity index (χ1v) is 38.2. The number of benzene rings is 16. The van der Waals surface area contributed by atoms with Gasteiger partial charge in [0.1, 0.15) is 22.3 Å². The number of furan rings is 2. The molecular weight excluding hydrogens is 1400 g/mol. The number of aromatic nitrogens is 10. The molecule has 0 amide bonds. The van der Waals surface area contributed by atoms with Crippen LogP contribution in [-0.2, 0) is 0 Å². The minimum absolute atomic E-state index is 0.553. The largest absolute Gasteiger partial charge is 0.455 e. The van der Waals surface area contributed by atoms with E-state index in [9.17, 15) is 0 Å². The topological polar surface area (TPSA) is 123 Å². The van der Waals surface area contributed by atoms with Crippen molar-refractivity contribution in [3.63, 3.8) is 0 Å². The molecule has 0 saturated carbocycles. The van der Waals surface area contributed by atoms with Crippen LogP contribution in [0.15, 0.2) is 385 Å². The van der Waals surface area contributed by atoms with Gasteiger partial charge in [0.05, 0.1) is 54.9 Å². The Morgan fingerprint density at radius 2 is 0.482 bits per heavy atom. The Morgan fingerprint density at radius 1 is 0.175 bits per heavy atom. The highest BCUT2D eigenvalue weighted by Gasteiger charge is 2.25. The molecule has 24 rings (SSSR count). The number of fused-ring (bicyclic) bond motifs is 20. The van der Waals surface area contributed by atoms with Crippen LogP contribution in [-0.4, -0.2) is 48.2 Å². The molecule has 0 unspecified atom stereocenters. The molecular formula is C102H62N10O2. The summed E-state index contributed by atoms with van der Waals surface area (Å²) in [5.74, 6) is 3.45. The molecule has 16 aromatic carbocycles. The molecule has 8 heterocycles. The van der Waals surface area contributed by atoms with Crippen LogP contribution in [0.25, 0.3) is 222 Å². The highest BCUT2D eigenvalue weighted by atomic mass is 16.3. The molecule has 24 aromatic rings. The van der Waals surface area contributed by atoms with Gasteiger partial charge in [-0.05, 0) is 138 Å². The number of rotatable bonds is 10. The van der Waals surface area contributed by atoms with E-state index in [2.05, 4.69) is 358 Å². The normalized spacial score (nSPS) is 11.9. The van der Waals surface area contributed by atoms with Gasteiger partial charge in [-0.3, -0.25) is 9.13 Å². The Morgan fingerprint density at radius 3 is 0.921 bits per heavy atom. The van der Waals surface area contributed by atoms with E-state index in [1.807, 2.05) is 36.4 Å². The first-order chi connectivity index (χ1) is 56.5. The molecule has 0 aliphatic heterocycles. The Bertz CT molecular complexity index is 7890. The molecule has 0 aliphatic carbocycles. The molecule has 0 fully saturated rings. The molecule has 0 spiro atoms. The van der Waals surface area contributed by atoms with Gasteiger partial charge in [0.15, 0.2) is 23.3 Å². The van der Waals surface area contributed by atoms with Crippen molar-refractivity contribution < 1.29 is 8.83 Å². The molecule has 532 valence electrons. The molecule has 0 radical (unpaired) electrons. The van der Waals surface area contributed by atoms with Gasteiger partial charge in [0.25, 0.3) is 0 Å². The summed E-state index contributed by atoms with van der Waals surface area (Å²) in [6.07, 6.45) is 0. The van der Waals surface area contributed by atoms with Gasteiger partial charge < -0.3 is 18.0 Å². The minimum atomic E-state index is 0.553. The quantitative estimate of drug-likeness (QED) is 0.133. The van der Waals surface area contributed by atoms with Crippen molar-refractivity contribution in [2.24, 2.45) is 0 Å². The third-order valence-corrected chi connectivity index (χ3v) is 22.4. The fourth-order valence-corrected chi connectivity index (χ4v) is 17.2. The van der Waals surface area contributed by atoms with Crippen LogP contribution in [0.3, 0.4) is 0 Å². The predicted molar refractivity (Wildman–Crippen MR) is 464 cm³/mol. The molecule has 12 nitrogen and oxygen atoms in total. The second kappa shape index (κ2) is 26.0. The van der Waals surface area contributed by atoms with Gasteiger partial charge in [-0.1, -0.05) is 261 Å². The van der Waals surface area contributed by atoms with Crippen molar-refractivity contribution in [3.8, 4) is 91.1 Å². The zero-order valence-corrected chi connectivity index (χ0v) is 61.1. The summed E-state index contributed by atoms with van der Waals surface area (Å²) in [5.41, 5.74) is 22.2. The lowest BCUT2D eigenvalue weighted by atomic mass is 10.0. The zero-order chi connectivity index (χ0) is 74.9. The molecule has 0 atom stereocenters. The molecule has 0 saturated heterocycles. The van der Waals surface area contributed by atoms with Crippen molar-refractivity contribution in [2.45, 2.75) is 0 Å². The number of hydrogen-bond acceptors (Lipinski definition) is 8. The average Bonchev–Trinajstić information content (AvgIpc) is 1.56. The maximum absolute atomic E-state index is 6.92. The molecule has 0 aliphatic rings. The van der Waals surface area contributed by atoms with Gasteiger partial charge >= 0.3 is 0 Å². The maximum Gasteiger partial charge on any atom is 0.238 e. The van der Waals surface area contributed by atoms with Crippen LogP contribution >= 0.6 is 0 Å². The first kappa shape index (κ1) is 64.3. The number of hydrogen-bond donors (Lipinski definition) is 0. The summed E-state index contributed by atoms with van der Waals surface area (Å²) in [5, 5.41) is 13.3. The Balaban J connectivity index is 0.000000135. The van der Waals surface area contributed by atoms with E-state index in [1.165, 1.54) is 11.1 Å². The Kier molecular flexibility index (Phi) is 14.7. The monoisotopic (exact) mass is 1460 g/mol. The van der Waals surface area contributed by atoms with E-state index in [4.69, 9.17) is 38.7 Å². The molecule has 114 heavy (non-hydrogen) atoms. The number of nitrogens with zero attached hydrogens (tertiary/aromatic N) is 10. The van der Waals surface area contributed by atoms with E-state index in [-0.39, 0.29) is 0 Å². The van der Waals surface area contributed by atoms with Crippen molar-refractivity contribution in [2.75, 3.05) is 0 Å². The van der Waals surface area contributed by atoms with E-state index in [0.717, 1.165) is 176 Å². The summed E-state index contributed by atoms with van der Waals surface area (Å²) in [7, 11) is 0. The van der Waals surface area contributed by atoms with Crippen LogP contribution in [0, 0.1) is 0 Å². The molecule has 0 bridgehead atoms. The van der Waals surface area contributed by atoms with E-state index in [0.29, 0.717) is 35.2 Å². The second-order valence-electron chi connectivity index (χ2n) is 28.9. The highest BCUT2D eigenvalue weighted by molar-refractivity contribution is 6.26. The number of para-hydroxylation sites is 7. The molecule has 12 heteroatoms. The van der Waals surface area contributed by atoms with Gasteiger partial charge in [-0.25, -0.2) is 9.97 Å². The standard InChI is InChI=1S/2C51H31N5O/c1-3-14-32(15-4-1)33-16-13-17-34(30-33)49-52-50(54-51(53-49)56-42-23-10-7-20-37(42)38-21-8-11-24-43(38)56)35-26-27-39-40-28-29-45-47(48(40)57-46(39)31-35)41-22-9-12-25-44(41)55(45)36-18-5-2-6-19-36;1-3-14-32(15-4-1)34-18-13-19-36(30-34)55-44-25-12-9-22-41(44)47-45(55)29-28-40-39-27-26-35(31-46(39)57-48(40)47)50-52-49(33-16-5-2-6-17-33)53-51(54-50)56-42-23-10-7-20-37(42)38-21-8-11-24-43(38)56/h2*1-31H. The predicted octanol–water partition coefficient (Wildman–Crippen LogP) is 25.9. The third kappa shape index (κ3) is 10.4. The Labute approximate surface area is 651 Å². The summed E-state index contributed by atoms with van der Waals surface area (Å²) < 4.78 is 22.8. The van der Waals surface area contributed by atoms with E-state index in [1.54, 1.807) is 0 Å². The summed E-state index contributed by atoms with van der Waals surface area (Å²) in [6.45, 7) is 0. The smallest absolute Gasteiger partial charge is 0.238 e. The fraction of sp³-hybridized carbons (Fsp3) is 0. The average molecular weight is 1460 g/mol. The molecule has 0 N–H and O–H groups in total. The van der Waals surface area contributed by atoms with Gasteiger partial charge in [0.2, 0.25) is 11.9 Å². The SMILES string of the molecule is c1ccc(-c2cccc(-c3nc(-c4ccc5c(c4)oc4c5ccc5c4c4ccccc4n5-c4ccccc4)nc(-n4c5ccccc5c5ccccc54)n3)c2)cc1.c1ccc(-c2cccc(-n3c4ccccc4c4c5oc6cc(-c7nc(-c8ccccc8)nc(-n8c9ccccc9c9ccccc98)n7)ccc6c5ccc43)c2)cc1. The second-order valence-corrected chi connectivity index (χ2v) is 28.9. The van der Waals surface area contributed by atoms with Crippen LogP contribution < -0.4 is 0 Å². The van der Waals surface area contributed by atoms with E-state index < -0.39 is 0 Å². The van der Waals surface area contributed by atoms with Crippen LogP contribution in [0.5, 0.6) is 0 Å². The first-order valence-electron chi connectivity index (χ1n) is 38.2. The van der Waals surface area contributed by atoms with Crippen molar-refractivity contribution in [1.82, 2.24) is 48.2 Å². The lowest BCUT2D eigenvalue weighted by Crippen LogP contribution is -2.06. The maximum atomic E-state index is 6.92. The third-order valence-electron chi connectivity index (χ3n) is 22.4. The van der Waals surface area contributed by atoms with Crippen LogP contribution in [0.1, 0.15) is 0 Å².